The molecule has 0 spiro atoms. The largest absolute Gasteiger partial charge is 0.396 e. The average Bonchev–Trinajstić information content (AvgIpc) is 2.95. The number of hydrogen-bond acceptors (Lipinski definition) is 3. The molecule has 0 amide bonds. The van der Waals surface area contributed by atoms with E-state index < -0.39 is 0 Å². The van der Waals surface area contributed by atoms with Crippen LogP contribution < -0.4 is 5.73 Å². The van der Waals surface area contributed by atoms with E-state index in [1.807, 2.05) is 35.1 Å². The molecular formula is C14H12BrN3S. The van der Waals surface area contributed by atoms with E-state index in [0.717, 1.165) is 20.7 Å². The van der Waals surface area contributed by atoms with E-state index in [1.165, 1.54) is 4.88 Å². The lowest BCUT2D eigenvalue weighted by atomic mass is 10.3. The Morgan fingerprint density at radius 3 is 2.79 bits per heavy atom. The van der Waals surface area contributed by atoms with Crippen LogP contribution in [0.3, 0.4) is 0 Å². The number of anilines is 1. The number of nitrogens with two attached hydrogens (primary N) is 1. The van der Waals surface area contributed by atoms with Gasteiger partial charge in [0.1, 0.15) is 5.69 Å². The zero-order valence-corrected chi connectivity index (χ0v) is 12.7. The van der Waals surface area contributed by atoms with Crippen LogP contribution in [0.4, 0.5) is 5.69 Å². The Balaban J connectivity index is 2.06. The quantitative estimate of drug-likeness (QED) is 0.761. The SMILES string of the molecule is Cc1ccc(-c2nn(-c3cccc(Br)c3)cc2N)s1. The number of hydrogen-bond donors (Lipinski definition) is 1. The van der Waals surface area contributed by atoms with Gasteiger partial charge >= 0.3 is 0 Å². The first kappa shape index (κ1) is 12.4. The maximum atomic E-state index is 6.07. The summed E-state index contributed by atoms with van der Waals surface area (Å²) in [6.07, 6.45) is 1.85. The van der Waals surface area contributed by atoms with E-state index in [9.17, 15) is 0 Å². The summed E-state index contributed by atoms with van der Waals surface area (Å²) in [6, 6.07) is 12.1. The summed E-state index contributed by atoms with van der Waals surface area (Å²) in [5, 5.41) is 4.59. The van der Waals surface area contributed by atoms with Crippen molar-refractivity contribution >= 4 is 33.0 Å². The van der Waals surface area contributed by atoms with Crippen LogP contribution in [0.5, 0.6) is 0 Å². The number of nitrogens with zero attached hydrogens (tertiary/aromatic N) is 2. The third-order valence-electron chi connectivity index (χ3n) is 2.79. The Hall–Kier alpha value is -1.59. The van der Waals surface area contributed by atoms with Gasteiger partial charge in [0.15, 0.2) is 0 Å². The summed E-state index contributed by atoms with van der Waals surface area (Å²) in [7, 11) is 0. The Morgan fingerprint density at radius 2 is 2.11 bits per heavy atom. The van der Waals surface area contributed by atoms with E-state index in [0.29, 0.717) is 5.69 Å². The number of thiophene rings is 1. The lowest BCUT2D eigenvalue weighted by molar-refractivity contribution is 0.884. The van der Waals surface area contributed by atoms with Gasteiger partial charge < -0.3 is 5.73 Å². The molecule has 2 aromatic heterocycles. The molecule has 0 aliphatic carbocycles. The van der Waals surface area contributed by atoms with Gasteiger partial charge in [0.05, 0.1) is 22.4 Å². The second-order valence-electron chi connectivity index (χ2n) is 4.27. The molecule has 96 valence electrons. The van der Waals surface area contributed by atoms with Gasteiger partial charge in [-0.2, -0.15) is 5.10 Å². The second-order valence-corrected chi connectivity index (χ2v) is 6.47. The molecule has 0 fully saturated rings. The topological polar surface area (TPSA) is 43.8 Å². The molecule has 0 aliphatic rings. The number of halogens is 1. The molecule has 2 N–H and O–H groups in total. The molecule has 3 nitrogen and oxygen atoms in total. The molecule has 3 rings (SSSR count). The van der Waals surface area contributed by atoms with Crippen molar-refractivity contribution in [3.05, 3.63) is 51.9 Å². The molecule has 0 saturated carbocycles. The summed E-state index contributed by atoms with van der Waals surface area (Å²) in [5.74, 6) is 0. The van der Waals surface area contributed by atoms with Gasteiger partial charge in [-0.3, -0.25) is 0 Å². The van der Waals surface area contributed by atoms with Gasteiger partial charge in [0.25, 0.3) is 0 Å². The molecule has 2 heterocycles. The highest BCUT2D eigenvalue weighted by atomic mass is 79.9. The first-order valence-corrected chi connectivity index (χ1v) is 7.42. The Bertz CT molecular complexity index is 730. The number of rotatable bonds is 2. The zero-order chi connectivity index (χ0) is 13.4. The van der Waals surface area contributed by atoms with Crippen molar-refractivity contribution in [2.45, 2.75) is 6.92 Å². The number of nitrogen functional groups attached to an aromatic ring is 1. The molecule has 0 unspecified atom stereocenters. The van der Waals surface area contributed by atoms with Gasteiger partial charge in [0.2, 0.25) is 0 Å². The van der Waals surface area contributed by atoms with Gasteiger partial charge in [-0.1, -0.05) is 22.0 Å². The smallest absolute Gasteiger partial charge is 0.126 e. The van der Waals surface area contributed by atoms with Gasteiger partial charge in [-0.05, 0) is 37.3 Å². The molecule has 0 bridgehead atoms. The first-order chi connectivity index (χ1) is 9.13. The van der Waals surface area contributed by atoms with Crippen molar-refractivity contribution in [2.75, 3.05) is 5.73 Å². The van der Waals surface area contributed by atoms with Crippen molar-refractivity contribution in [1.82, 2.24) is 9.78 Å². The molecular weight excluding hydrogens is 322 g/mol. The molecule has 19 heavy (non-hydrogen) atoms. The van der Waals surface area contributed by atoms with Crippen LogP contribution in [0.25, 0.3) is 16.3 Å². The summed E-state index contributed by atoms with van der Waals surface area (Å²) >= 11 is 5.16. The van der Waals surface area contributed by atoms with E-state index in [1.54, 1.807) is 11.3 Å². The van der Waals surface area contributed by atoms with E-state index in [2.05, 4.69) is 40.1 Å². The van der Waals surface area contributed by atoms with Crippen LogP contribution in [0.15, 0.2) is 47.1 Å². The fraction of sp³-hybridized carbons (Fsp3) is 0.0714. The highest BCUT2D eigenvalue weighted by Crippen LogP contribution is 2.31. The van der Waals surface area contributed by atoms with Crippen LogP contribution in [-0.4, -0.2) is 9.78 Å². The number of aromatic nitrogens is 2. The van der Waals surface area contributed by atoms with E-state index in [-0.39, 0.29) is 0 Å². The summed E-state index contributed by atoms with van der Waals surface area (Å²) in [5.41, 5.74) is 8.60. The molecule has 0 atom stereocenters. The fourth-order valence-electron chi connectivity index (χ4n) is 1.89. The number of aryl methyl sites for hydroxylation is 1. The third kappa shape index (κ3) is 2.43. The Labute approximate surface area is 123 Å². The van der Waals surface area contributed by atoms with Crippen molar-refractivity contribution in [1.29, 1.82) is 0 Å². The molecule has 0 aliphatic heterocycles. The monoisotopic (exact) mass is 333 g/mol. The van der Waals surface area contributed by atoms with Gasteiger partial charge in [-0.15, -0.1) is 11.3 Å². The lowest BCUT2D eigenvalue weighted by Crippen LogP contribution is -1.94. The second kappa shape index (κ2) is 4.83. The van der Waals surface area contributed by atoms with Crippen LogP contribution in [0, 0.1) is 6.92 Å². The summed E-state index contributed by atoms with van der Waals surface area (Å²) in [4.78, 5) is 2.36. The molecule has 1 aromatic carbocycles. The van der Waals surface area contributed by atoms with Gasteiger partial charge in [-0.25, -0.2) is 4.68 Å². The van der Waals surface area contributed by atoms with Crippen molar-refractivity contribution in [3.8, 4) is 16.3 Å². The van der Waals surface area contributed by atoms with Crippen molar-refractivity contribution in [2.24, 2.45) is 0 Å². The predicted octanol–water partition coefficient (Wildman–Crippen LogP) is 4.25. The normalized spacial score (nSPS) is 10.8. The average molecular weight is 334 g/mol. The first-order valence-electron chi connectivity index (χ1n) is 5.81. The van der Waals surface area contributed by atoms with E-state index in [4.69, 9.17) is 5.73 Å². The maximum Gasteiger partial charge on any atom is 0.126 e. The van der Waals surface area contributed by atoms with Crippen LogP contribution in [0.1, 0.15) is 4.88 Å². The molecule has 0 saturated heterocycles. The Kier molecular flexibility index (Phi) is 3.16. The van der Waals surface area contributed by atoms with E-state index >= 15 is 0 Å². The lowest BCUT2D eigenvalue weighted by Gasteiger charge is -2.00. The zero-order valence-electron chi connectivity index (χ0n) is 10.3. The van der Waals surface area contributed by atoms with Crippen LogP contribution >= 0.6 is 27.3 Å². The van der Waals surface area contributed by atoms with Crippen LogP contribution in [0.2, 0.25) is 0 Å². The predicted molar refractivity (Wildman–Crippen MR) is 83.7 cm³/mol. The standard InChI is InChI=1S/C14H12BrN3S/c1-9-5-6-13(19-9)14-12(16)8-18(17-14)11-4-2-3-10(15)7-11/h2-8H,16H2,1H3. The van der Waals surface area contributed by atoms with Crippen molar-refractivity contribution in [3.63, 3.8) is 0 Å². The minimum Gasteiger partial charge on any atom is -0.396 e. The summed E-state index contributed by atoms with van der Waals surface area (Å²) < 4.78 is 2.83. The van der Waals surface area contributed by atoms with Gasteiger partial charge in [0, 0.05) is 9.35 Å². The highest BCUT2D eigenvalue weighted by molar-refractivity contribution is 9.10. The highest BCUT2D eigenvalue weighted by Gasteiger charge is 2.11. The van der Waals surface area contributed by atoms with Crippen LogP contribution in [-0.2, 0) is 0 Å². The number of benzene rings is 1. The maximum absolute atomic E-state index is 6.07. The summed E-state index contributed by atoms with van der Waals surface area (Å²) in [6.45, 7) is 2.08. The molecule has 0 radical (unpaired) electrons. The minimum atomic E-state index is 0.696. The molecule has 5 heteroatoms. The van der Waals surface area contributed by atoms with Crippen molar-refractivity contribution < 1.29 is 0 Å². The minimum absolute atomic E-state index is 0.696. The fourth-order valence-corrected chi connectivity index (χ4v) is 3.15. The molecule has 3 aromatic rings. The third-order valence-corrected chi connectivity index (χ3v) is 4.29. The Morgan fingerprint density at radius 1 is 1.26 bits per heavy atom.